The minimum Gasteiger partial charge on any atom is -0.296 e. The predicted octanol–water partition coefficient (Wildman–Crippen LogP) is 3.76. The molecule has 2 rings (SSSR count). The zero-order valence-corrected chi connectivity index (χ0v) is 11.9. The highest BCUT2D eigenvalue weighted by Crippen LogP contribution is 2.29. The number of benzene rings is 1. The number of aromatic nitrogens is 2. The van der Waals surface area contributed by atoms with Crippen LogP contribution in [0.1, 0.15) is 34.3 Å². The second kappa shape index (κ2) is 6.21. The molecule has 112 valence electrons. The molecule has 4 nitrogen and oxygen atoms in total. The Hall–Kier alpha value is -1.96. The molecule has 0 bridgehead atoms. The van der Waals surface area contributed by atoms with E-state index in [4.69, 9.17) is 0 Å². The number of nitrogens with one attached hydrogen (secondary N) is 1. The van der Waals surface area contributed by atoms with Gasteiger partial charge in [0.2, 0.25) is 5.13 Å². The lowest BCUT2D eigenvalue weighted by Gasteiger charge is -2.08. The van der Waals surface area contributed by atoms with Crippen molar-refractivity contribution in [3.63, 3.8) is 0 Å². The summed E-state index contributed by atoms with van der Waals surface area (Å²) in [4.78, 5) is 11.9. The molecule has 1 aromatic carbocycles. The number of nitrogens with zero attached hydrogens (tertiary/aromatic N) is 2. The van der Waals surface area contributed by atoms with Crippen LogP contribution in [0, 0.1) is 0 Å². The first-order chi connectivity index (χ1) is 9.90. The number of amides is 1. The normalized spacial score (nSPS) is 11.4. The van der Waals surface area contributed by atoms with E-state index in [1.807, 2.05) is 6.92 Å². The van der Waals surface area contributed by atoms with E-state index in [0.29, 0.717) is 0 Å². The maximum atomic E-state index is 12.6. The maximum Gasteiger partial charge on any atom is 0.416 e. The minimum atomic E-state index is -4.48. The van der Waals surface area contributed by atoms with Crippen LogP contribution in [0.4, 0.5) is 18.3 Å². The van der Waals surface area contributed by atoms with Gasteiger partial charge in [0.15, 0.2) is 0 Å². The molecular formula is C13H12F3N3OS. The van der Waals surface area contributed by atoms with E-state index < -0.39 is 17.6 Å². The number of anilines is 1. The molecular weight excluding hydrogens is 303 g/mol. The first-order valence-corrected chi connectivity index (χ1v) is 7.03. The van der Waals surface area contributed by atoms with Crippen molar-refractivity contribution < 1.29 is 18.0 Å². The Morgan fingerprint density at radius 3 is 2.76 bits per heavy atom. The minimum absolute atomic E-state index is 0.0722. The zero-order valence-electron chi connectivity index (χ0n) is 11.1. The van der Waals surface area contributed by atoms with Crippen LogP contribution in [0.25, 0.3) is 0 Å². The highest BCUT2D eigenvalue weighted by molar-refractivity contribution is 7.15. The van der Waals surface area contributed by atoms with Gasteiger partial charge in [0.1, 0.15) is 5.01 Å². The van der Waals surface area contributed by atoms with Crippen molar-refractivity contribution >= 4 is 22.4 Å². The molecule has 0 unspecified atom stereocenters. The molecule has 2 aromatic rings. The third kappa shape index (κ3) is 4.01. The van der Waals surface area contributed by atoms with E-state index >= 15 is 0 Å². The first-order valence-electron chi connectivity index (χ1n) is 6.21. The number of alkyl halides is 3. The highest BCUT2D eigenvalue weighted by Gasteiger charge is 2.30. The summed E-state index contributed by atoms with van der Waals surface area (Å²) in [6, 6.07) is 4.24. The van der Waals surface area contributed by atoms with Crippen LogP contribution in [0.5, 0.6) is 0 Å². The van der Waals surface area contributed by atoms with Crippen LogP contribution in [-0.4, -0.2) is 16.1 Å². The Balaban J connectivity index is 2.12. The zero-order chi connectivity index (χ0) is 15.5. The van der Waals surface area contributed by atoms with E-state index in [1.165, 1.54) is 23.5 Å². The topological polar surface area (TPSA) is 54.9 Å². The molecule has 21 heavy (non-hydrogen) atoms. The number of halogens is 3. The smallest absolute Gasteiger partial charge is 0.296 e. The Labute approximate surface area is 123 Å². The summed E-state index contributed by atoms with van der Waals surface area (Å²) >= 11 is 1.21. The number of hydrogen-bond acceptors (Lipinski definition) is 4. The molecule has 1 heterocycles. The fraction of sp³-hybridized carbons (Fsp3) is 0.308. The van der Waals surface area contributed by atoms with E-state index in [0.717, 1.165) is 30.0 Å². The molecule has 1 aromatic heterocycles. The summed E-state index contributed by atoms with van der Waals surface area (Å²) in [6.07, 6.45) is -2.83. The van der Waals surface area contributed by atoms with Crippen LogP contribution >= 0.6 is 11.3 Å². The average molecular weight is 315 g/mol. The maximum absolute atomic E-state index is 12.6. The molecule has 0 fully saturated rings. The Kier molecular flexibility index (Phi) is 4.56. The van der Waals surface area contributed by atoms with Crippen molar-refractivity contribution in [3.8, 4) is 0 Å². The van der Waals surface area contributed by atoms with Gasteiger partial charge in [-0.25, -0.2) is 0 Å². The van der Waals surface area contributed by atoms with Gasteiger partial charge in [-0.05, 0) is 24.6 Å². The summed E-state index contributed by atoms with van der Waals surface area (Å²) in [7, 11) is 0. The van der Waals surface area contributed by atoms with Crippen molar-refractivity contribution in [1.82, 2.24) is 10.2 Å². The van der Waals surface area contributed by atoms with Gasteiger partial charge in [-0.1, -0.05) is 24.3 Å². The molecule has 0 aliphatic carbocycles. The van der Waals surface area contributed by atoms with Gasteiger partial charge < -0.3 is 0 Å². The second-order valence-corrected chi connectivity index (χ2v) is 5.35. The second-order valence-electron chi connectivity index (χ2n) is 4.28. The molecule has 0 saturated carbocycles. The molecule has 0 aliphatic rings. The van der Waals surface area contributed by atoms with Crippen LogP contribution in [0.15, 0.2) is 24.3 Å². The van der Waals surface area contributed by atoms with Gasteiger partial charge in [0.05, 0.1) is 5.56 Å². The number of carbonyl (C=O) groups is 1. The molecule has 1 N–H and O–H groups in total. The van der Waals surface area contributed by atoms with Gasteiger partial charge in [0, 0.05) is 12.0 Å². The Morgan fingerprint density at radius 2 is 2.10 bits per heavy atom. The number of aryl methyl sites for hydroxylation is 1. The van der Waals surface area contributed by atoms with Gasteiger partial charge in [-0.2, -0.15) is 13.2 Å². The van der Waals surface area contributed by atoms with Gasteiger partial charge >= 0.3 is 6.18 Å². The molecule has 0 aliphatic heterocycles. The van der Waals surface area contributed by atoms with Crippen LogP contribution in [0.3, 0.4) is 0 Å². The molecule has 0 saturated heterocycles. The van der Waals surface area contributed by atoms with E-state index in [9.17, 15) is 18.0 Å². The van der Waals surface area contributed by atoms with Gasteiger partial charge in [-0.15, -0.1) is 10.2 Å². The lowest BCUT2D eigenvalue weighted by atomic mass is 10.1. The number of rotatable bonds is 4. The molecule has 0 atom stereocenters. The monoisotopic (exact) mass is 315 g/mol. The van der Waals surface area contributed by atoms with Crippen LogP contribution in [-0.2, 0) is 12.6 Å². The van der Waals surface area contributed by atoms with Crippen molar-refractivity contribution in [2.75, 3.05) is 5.32 Å². The van der Waals surface area contributed by atoms with E-state index in [2.05, 4.69) is 15.5 Å². The van der Waals surface area contributed by atoms with Crippen molar-refractivity contribution in [2.45, 2.75) is 25.9 Å². The van der Waals surface area contributed by atoms with E-state index in [-0.39, 0.29) is 10.7 Å². The highest BCUT2D eigenvalue weighted by atomic mass is 32.1. The van der Waals surface area contributed by atoms with Crippen molar-refractivity contribution in [3.05, 3.63) is 40.4 Å². The number of carbonyl (C=O) groups excluding carboxylic acids is 1. The Bertz CT molecular complexity index is 640. The van der Waals surface area contributed by atoms with Gasteiger partial charge in [-0.3, -0.25) is 10.1 Å². The SMILES string of the molecule is CCCc1nnc(NC(=O)c2cccc(C(F)(F)F)c2)s1. The summed E-state index contributed by atoms with van der Waals surface area (Å²) in [5.74, 6) is -0.639. The van der Waals surface area contributed by atoms with Crippen molar-refractivity contribution in [2.24, 2.45) is 0 Å². The van der Waals surface area contributed by atoms with Crippen LogP contribution in [0.2, 0.25) is 0 Å². The summed E-state index contributed by atoms with van der Waals surface area (Å²) in [5.41, 5.74) is -0.934. The fourth-order valence-corrected chi connectivity index (χ4v) is 2.46. The molecule has 0 radical (unpaired) electrons. The molecule has 1 amide bonds. The first kappa shape index (κ1) is 15.4. The fourth-order valence-electron chi connectivity index (χ4n) is 1.63. The summed E-state index contributed by atoms with van der Waals surface area (Å²) < 4.78 is 37.8. The summed E-state index contributed by atoms with van der Waals surface area (Å²) in [5, 5.41) is 11.2. The largest absolute Gasteiger partial charge is 0.416 e. The average Bonchev–Trinajstić information content (AvgIpc) is 2.86. The van der Waals surface area contributed by atoms with Gasteiger partial charge in [0.25, 0.3) is 5.91 Å². The predicted molar refractivity (Wildman–Crippen MR) is 73.3 cm³/mol. The van der Waals surface area contributed by atoms with Crippen molar-refractivity contribution in [1.29, 1.82) is 0 Å². The third-order valence-electron chi connectivity index (χ3n) is 2.60. The third-order valence-corrected chi connectivity index (χ3v) is 3.50. The van der Waals surface area contributed by atoms with E-state index in [1.54, 1.807) is 0 Å². The Morgan fingerprint density at radius 1 is 1.33 bits per heavy atom. The lowest BCUT2D eigenvalue weighted by Crippen LogP contribution is -2.13. The molecule has 0 spiro atoms. The number of hydrogen-bond donors (Lipinski definition) is 1. The molecule has 8 heteroatoms. The standard InChI is InChI=1S/C13H12F3N3OS/c1-2-4-10-18-19-12(21-10)17-11(20)8-5-3-6-9(7-8)13(14,15)16/h3,5-7H,2,4H2,1H3,(H,17,19,20). The quantitative estimate of drug-likeness (QED) is 0.934. The summed E-state index contributed by atoms with van der Waals surface area (Å²) in [6.45, 7) is 1.99. The lowest BCUT2D eigenvalue weighted by molar-refractivity contribution is -0.137. The van der Waals surface area contributed by atoms with Crippen LogP contribution < -0.4 is 5.32 Å².